The minimum absolute atomic E-state index is 0.0328. The molecule has 0 aliphatic heterocycles. The molecule has 0 spiro atoms. The van der Waals surface area contributed by atoms with Gasteiger partial charge in [0, 0.05) is 5.02 Å². The summed E-state index contributed by atoms with van der Waals surface area (Å²) < 4.78 is 5.09. The fourth-order valence-electron chi connectivity index (χ4n) is 2.66. The summed E-state index contributed by atoms with van der Waals surface area (Å²) in [5.41, 5.74) is 3.49. The second kappa shape index (κ2) is 5.90. The lowest BCUT2D eigenvalue weighted by Gasteiger charge is -2.06. The van der Waals surface area contributed by atoms with Gasteiger partial charge in [0.25, 0.3) is 0 Å². The maximum Gasteiger partial charge on any atom is 0.309 e. The zero-order valence-electron chi connectivity index (χ0n) is 11.9. The molecule has 1 aliphatic rings. The molecule has 1 aliphatic carbocycles. The van der Waals surface area contributed by atoms with Crippen LogP contribution in [0.4, 0.5) is 0 Å². The second-order valence-electron chi connectivity index (χ2n) is 5.33. The highest BCUT2D eigenvalue weighted by molar-refractivity contribution is 6.30. The number of hydrogen-bond donors (Lipinski definition) is 0. The molecule has 2 unspecified atom stereocenters. The van der Waals surface area contributed by atoms with E-state index in [1.54, 1.807) is 0 Å². The highest BCUT2D eigenvalue weighted by atomic mass is 35.5. The van der Waals surface area contributed by atoms with E-state index < -0.39 is 0 Å². The van der Waals surface area contributed by atoms with Crippen molar-refractivity contribution in [1.82, 2.24) is 0 Å². The van der Waals surface area contributed by atoms with Crippen molar-refractivity contribution in [2.45, 2.75) is 19.3 Å². The predicted octanol–water partition coefficient (Wildman–Crippen LogP) is 4.67. The molecule has 0 bridgehead atoms. The average molecular weight is 301 g/mol. The fraction of sp³-hybridized carbons (Fsp3) is 0.278. The van der Waals surface area contributed by atoms with Gasteiger partial charge in [-0.2, -0.15) is 0 Å². The van der Waals surface area contributed by atoms with Gasteiger partial charge in [-0.15, -0.1) is 0 Å². The van der Waals surface area contributed by atoms with Crippen molar-refractivity contribution >= 4 is 17.6 Å². The molecule has 0 heterocycles. The van der Waals surface area contributed by atoms with Crippen LogP contribution in [0, 0.1) is 5.92 Å². The summed E-state index contributed by atoms with van der Waals surface area (Å²) in [4.78, 5) is 11.7. The van der Waals surface area contributed by atoms with Crippen molar-refractivity contribution in [3.05, 3.63) is 59.1 Å². The van der Waals surface area contributed by atoms with Gasteiger partial charge in [-0.1, -0.05) is 48.0 Å². The maximum atomic E-state index is 11.7. The van der Waals surface area contributed by atoms with E-state index in [1.165, 1.54) is 5.56 Å². The first-order valence-corrected chi connectivity index (χ1v) is 7.59. The maximum absolute atomic E-state index is 11.7. The molecule has 2 aromatic rings. The monoisotopic (exact) mass is 300 g/mol. The first-order valence-electron chi connectivity index (χ1n) is 7.21. The summed E-state index contributed by atoms with van der Waals surface area (Å²) in [7, 11) is 0. The van der Waals surface area contributed by atoms with Crippen LogP contribution in [0.25, 0.3) is 11.1 Å². The topological polar surface area (TPSA) is 26.3 Å². The van der Waals surface area contributed by atoms with Gasteiger partial charge in [0.05, 0.1) is 12.5 Å². The number of halogens is 1. The Kier molecular flexibility index (Phi) is 3.98. The Morgan fingerprint density at radius 2 is 1.95 bits per heavy atom. The van der Waals surface area contributed by atoms with E-state index in [9.17, 15) is 4.79 Å². The molecule has 0 amide bonds. The van der Waals surface area contributed by atoms with E-state index in [0.717, 1.165) is 22.6 Å². The van der Waals surface area contributed by atoms with Crippen LogP contribution in [-0.4, -0.2) is 12.6 Å². The molecule has 0 N–H and O–H groups in total. The minimum Gasteiger partial charge on any atom is -0.466 e. The van der Waals surface area contributed by atoms with Gasteiger partial charge in [-0.3, -0.25) is 4.79 Å². The first-order chi connectivity index (χ1) is 10.2. The number of carbonyl (C=O) groups is 1. The quantitative estimate of drug-likeness (QED) is 0.767. The summed E-state index contributed by atoms with van der Waals surface area (Å²) in [6.07, 6.45) is 0.892. The standard InChI is InChI=1S/C18H17ClO2/c1-2-21-18(20)17-11-16(17)14-5-3-4-13(10-14)12-6-8-15(19)9-7-12/h3-10,16-17H,2,11H2,1H3. The lowest BCUT2D eigenvalue weighted by Crippen LogP contribution is -2.07. The van der Waals surface area contributed by atoms with E-state index in [1.807, 2.05) is 37.3 Å². The van der Waals surface area contributed by atoms with Crippen LogP contribution < -0.4 is 0 Å². The van der Waals surface area contributed by atoms with Gasteiger partial charge in [0.15, 0.2) is 0 Å². The van der Waals surface area contributed by atoms with E-state index in [4.69, 9.17) is 16.3 Å². The molecule has 108 valence electrons. The van der Waals surface area contributed by atoms with Crippen molar-refractivity contribution in [1.29, 1.82) is 0 Å². The number of ether oxygens (including phenoxy) is 1. The van der Waals surface area contributed by atoms with Crippen LogP contribution in [0.15, 0.2) is 48.5 Å². The third kappa shape index (κ3) is 3.11. The summed E-state index contributed by atoms with van der Waals surface area (Å²) >= 11 is 5.92. The Bertz CT molecular complexity index is 649. The Morgan fingerprint density at radius 1 is 1.19 bits per heavy atom. The van der Waals surface area contributed by atoms with Gasteiger partial charge >= 0.3 is 5.97 Å². The Hall–Kier alpha value is -1.80. The summed E-state index contributed by atoms with van der Waals surface area (Å²) in [6, 6.07) is 16.2. The predicted molar refractivity (Wildman–Crippen MR) is 84.4 cm³/mol. The highest BCUT2D eigenvalue weighted by Crippen LogP contribution is 2.48. The van der Waals surface area contributed by atoms with Gasteiger partial charge < -0.3 is 4.74 Å². The average Bonchev–Trinajstić information content (AvgIpc) is 3.29. The molecule has 2 atom stereocenters. The number of hydrogen-bond acceptors (Lipinski definition) is 2. The van der Waals surface area contributed by atoms with E-state index in [0.29, 0.717) is 12.5 Å². The third-order valence-electron chi connectivity index (χ3n) is 3.87. The van der Waals surface area contributed by atoms with Crippen LogP contribution >= 0.6 is 11.6 Å². The largest absolute Gasteiger partial charge is 0.466 e. The SMILES string of the molecule is CCOC(=O)C1CC1c1cccc(-c2ccc(Cl)cc2)c1. The van der Waals surface area contributed by atoms with Crippen LogP contribution in [0.2, 0.25) is 5.02 Å². The molecule has 1 saturated carbocycles. The van der Waals surface area contributed by atoms with Crippen LogP contribution in [0.1, 0.15) is 24.8 Å². The van der Waals surface area contributed by atoms with E-state index in [-0.39, 0.29) is 11.9 Å². The zero-order chi connectivity index (χ0) is 14.8. The van der Waals surface area contributed by atoms with Crippen molar-refractivity contribution in [2.75, 3.05) is 6.61 Å². The summed E-state index contributed by atoms with van der Waals surface area (Å²) in [6.45, 7) is 2.29. The number of rotatable bonds is 4. The second-order valence-corrected chi connectivity index (χ2v) is 5.77. The van der Waals surface area contributed by atoms with Gasteiger partial charge in [-0.05, 0) is 48.1 Å². The molecule has 2 aromatic carbocycles. The molecule has 3 rings (SSSR count). The van der Waals surface area contributed by atoms with Gasteiger partial charge in [-0.25, -0.2) is 0 Å². The number of carbonyl (C=O) groups excluding carboxylic acids is 1. The molecular formula is C18H17ClO2. The third-order valence-corrected chi connectivity index (χ3v) is 4.12. The zero-order valence-corrected chi connectivity index (χ0v) is 12.6. The fourth-order valence-corrected chi connectivity index (χ4v) is 2.79. The van der Waals surface area contributed by atoms with Crippen LogP contribution in [0.3, 0.4) is 0 Å². The lowest BCUT2D eigenvalue weighted by molar-refractivity contribution is -0.144. The molecule has 3 heteroatoms. The van der Waals surface area contributed by atoms with Crippen LogP contribution in [-0.2, 0) is 9.53 Å². The van der Waals surface area contributed by atoms with Crippen molar-refractivity contribution in [3.8, 4) is 11.1 Å². The van der Waals surface area contributed by atoms with Gasteiger partial charge in [0.1, 0.15) is 0 Å². The van der Waals surface area contributed by atoms with Crippen molar-refractivity contribution in [2.24, 2.45) is 5.92 Å². The van der Waals surface area contributed by atoms with E-state index >= 15 is 0 Å². The van der Waals surface area contributed by atoms with E-state index in [2.05, 4.69) is 18.2 Å². The molecule has 1 fully saturated rings. The molecule has 0 aromatic heterocycles. The summed E-state index contributed by atoms with van der Waals surface area (Å²) in [5, 5.41) is 0.736. The smallest absolute Gasteiger partial charge is 0.309 e. The Balaban J connectivity index is 1.79. The molecule has 2 nitrogen and oxygen atoms in total. The Labute approximate surface area is 129 Å². The minimum atomic E-state index is -0.0700. The highest BCUT2D eigenvalue weighted by Gasteiger charge is 2.45. The van der Waals surface area contributed by atoms with Gasteiger partial charge in [0.2, 0.25) is 0 Å². The van der Waals surface area contributed by atoms with Crippen LogP contribution in [0.5, 0.6) is 0 Å². The summed E-state index contributed by atoms with van der Waals surface area (Å²) in [5.74, 6) is 0.265. The van der Waals surface area contributed by atoms with Crippen molar-refractivity contribution in [3.63, 3.8) is 0 Å². The lowest BCUT2D eigenvalue weighted by atomic mass is 10.0. The molecule has 21 heavy (non-hydrogen) atoms. The first kappa shape index (κ1) is 14.2. The Morgan fingerprint density at radius 3 is 2.67 bits per heavy atom. The number of benzene rings is 2. The molecular weight excluding hydrogens is 284 g/mol. The van der Waals surface area contributed by atoms with Crippen molar-refractivity contribution < 1.29 is 9.53 Å². The number of esters is 1. The normalized spacial score (nSPS) is 20.1. The molecule has 0 saturated heterocycles. The molecule has 0 radical (unpaired) electrons.